The second kappa shape index (κ2) is 7.43. The molecule has 0 N–H and O–H groups in total. The Morgan fingerprint density at radius 3 is 3.00 bits per heavy atom. The van der Waals surface area contributed by atoms with Crippen LogP contribution >= 0.6 is 24.4 Å². The Kier molecular flexibility index (Phi) is 5.89. The summed E-state index contributed by atoms with van der Waals surface area (Å²) in [5.41, 5.74) is 0. The van der Waals surface area contributed by atoms with Crippen LogP contribution in [0.4, 0.5) is 0 Å². The minimum atomic E-state index is 0.765. The van der Waals surface area contributed by atoms with E-state index in [0.717, 1.165) is 35.5 Å². The van der Waals surface area contributed by atoms with Crippen molar-refractivity contribution in [1.82, 2.24) is 14.8 Å². The number of hydrogen-bond acceptors (Lipinski definition) is 4. The fraction of sp³-hybridized carbons (Fsp3) is 0.846. The quantitative estimate of drug-likeness (QED) is 0.641. The molecule has 1 aromatic heterocycles. The molecule has 0 amide bonds. The maximum Gasteiger partial charge on any atom is 0.191 e. The fourth-order valence-electron chi connectivity index (χ4n) is 2.28. The van der Waals surface area contributed by atoms with Crippen LogP contribution in [0.3, 0.4) is 0 Å². The predicted molar refractivity (Wildman–Crippen MR) is 80.6 cm³/mol. The third kappa shape index (κ3) is 3.92. The van der Waals surface area contributed by atoms with Crippen molar-refractivity contribution in [2.45, 2.75) is 57.1 Å². The summed E-state index contributed by atoms with van der Waals surface area (Å²) in [6.07, 6.45) is 7.42. The highest BCUT2D eigenvalue weighted by Crippen LogP contribution is 2.23. The number of thioether (sulfide) groups is 1. The lowest BCUT2D eigenvalue weighted by Gasteiger charge is -2.09. The van der Waals surface area contributed by atoms with Gasteiger partial charge in [0.1, 0.15) is 5.82 Å². The smallest absolute Gasteiger partial charge is 0.191 e. The number of nitrogens with zero attached hydrogens (tertiary/aromatic N) is 3. The monoisotopic (exact) mass is 285 g/mol. The van der Waals surface area contributed by atoms with Gasteiger partial charge in [-0.1, -0.05) is 25.1 Å². The van der Waals surface area contributed by atoms with Crippen molar-refractivity contribution >= 4 is 24.4 Å². The van der Waals surface area contributed by atoms with Gasteiger partial charge in [0.05, 0.1) is 0 Å². The SMILES string of the molecule is CC(CCS)CCSc1nnc2n1CCCCC2. The van der Waals surface area contributed by atoms with Gasteiger partial charge in [-0.3, -0.25) is 0 Å². The molecule has 0 saturated heterocycles. The minimum absolute atomic E-state index is 0.765. The van der Waals surface area contributed by atoms with Crippen LogP contribution in [0.15, 0.2) is 5.16 Å². The first-order valence-corrected chi connectivity index (χ1v) is 8.59. The third-order valence-electron chi connectivity index (χ3n) is 3.54. The average Bonchev–Trinajstić information content (AvgIpc) is 2.60. The van der Waals surface area contributed by atoms with E-state index in [1.807, 2.05) is 11.8 Å². The van der Waals surface area contributed by atoms with Crippen LogP contribution in [0.1, 0.15) is 44.9 Å². The molecular weight excluding hydrogens is 262 g/mol. The molecule has 0 aliphatic carbocycles. The van der Waals surface area contributed by atoms with Gasteiger partial charge in [-0.05, 0) is 37.4 Å². The lowest BCUT2D eigenvalue weighted by Crippen LogP contribution is -2.03. The topological polar surface area (TPSA) is 30.7 Å². The van der Waals surface area contributed by atoms with E-state index in [2.05, 4.69) is 34.3 Å². The summed E-state index contributed by atoms with van der Waals surface area (Å²) < 4.78 is 2.33. The van der Waals surface area contributed by atoms with Crippen LogP contribution in [0.5, 0.6) is 0 Å². The van der Waals surface area contributed by atoms with E-state index in [4.69, 9.17) is 0 Å². The van der Waals surface area contributed by atoms with E-state index in [9.17, 15) is 0 Å². The molecule has 3 nitrogen and oxygen atoms in total. The number of thiol groups is 1. The molecule has 1 atom stereocenters. The fourth-order valence-corrected chi connectivity index (χ4v) is 3.88. The van der Waals surface area contributed by atoms with Crippen molar-refractivity contribution in [1.29, 1.82) is 0 Å². The number of aryl methyl sites for hydroxylation is 1. The van der Waals surface area contributed by atoms with Gasteiger partial charge in [0.2, 0.25) is 0 Å². The third-order valence-corrected chi connectivity index (χ3v) is 4.80. The Labute approximate surface area is 120 Å². The lowest BCUT2D eigenvalue weighted by atomic mass is 10.1. The number of aromatic nitrogens is 3. The zero-order valence-electron chi connectivity index (χ0n) is 11.1. The summed E-state index contributed by atoms with van der Waals surface area (Å²) in [7, 11) is 0. The van der Waals surface area contributed by atoms with E-state index < -0.39 is 0 Å². The van der Waals surface area contributed by atoms with Crippen molar-refractivity contribution < 1.29 is 0 Å². The Morgan fingerprint density at radius 1 is 1.28 bits per heavy atom. The normalized spacial score (nSPS) is 17.2. The van der Waals surface area contributed by atoms with Gasteiger partial charge >= 0.3 is 0 Å². The molecule has 0 aromatic carbocycles. The van der Waals surface area contributed by atoms with Gasteiger partial charge in [-0.25, -0.2) is 0 Å². The molecule has 2 heterocycles. The van der Waals surface area contributed by atoms with E-state index in [0.29, 0.717) is 0 Å². The minimum Gasteiger partial charge on any atom is -0.306 e. The predicted octanol–water partition coefficient (Wildman–Crippen LogP) is 3.44. The molecule has 1 unspecified atom stereocenters. The average molecular weight is 285 g/mol. The van der Waals surface area contributed by atoms with Crippen molar-refractivity contribution in [3.05, 3.63) is 5.82 Å². The molecule has 1 aromatic rings. The van der Waals surface area contributed by atoms with Crippen LogP contribution < -0.4 is 0 Å². The summed E-state index contributed by atoms with van der Waals surface area (Å²) in [5, 5.41) is 9.80. The molecule has 5 heteroatoms. The van der Waals surface area contributed by atoms with Crippen LogP contribution in [-0.4, -0.2) is 26.3 Å². The lowest BCUT2D eigenvalue weighted by molar-refractivity contribution is 0.552. The number of rotatable bonds is 6. The number of fused-ring (bicyclic) bond motifs is 1. The zero-order chi connectivity index (χ0) is 12.8. The van der Waals surface area contributed by atoms with E-state index in [1.54, 1.807) is 0 Å². The molecule has 2 rings (SSSR count). The second-order valence-electron chi connectivity index (χ2n) is 5.12. The van der Waals surface area contributed by atoms with Crippen LogP contribution in [-0.2, 0) is 13.0 Å². The highest BCUT2D eigenvalue weighted by Gasteiger charge is 2.14. The Bertz CT molecular complexity index is 365. The van der Waals surface area contributed by atoms with E-state index >= 15 is 0 Å². The van der Waals surface area contributed by atoms with Crippen molar-refractivity contribution in [3.8, 4) is 0 Å². The Balaban J connectivity index is 1.84. The first-order chi connectivity index (χ1) is 8.81. The maximum absolute atomic E-state index is 4.34. The zero-order valence-corrected chi connectivity index (χ0v) is 12.8. The van der Waals surface area contributed by atoms with Gasteiger partial charge in [-0.15, -0.1) is 10.2 Å². The summed E-state index contributed by atoms with van der Waals surface area (Å²) in [6, 6.07) is 0. The van der Waals surface area contributed by atoms with Crippen LogP contribution in [0, 0.1) is 5.92 Å². The molecule has 18 heavy (non-hydrogen) atoms. The molecule has 0 fully saturated rings. The molecule has 0 saturated carbocycles. The van der Waals surface area contributed by atoms with Crippen molar-refractivity contribution in [3.63, 3.8) is 0 Å². The maximum atomic E-state index is 4.34. The van der Waals surface area contributed by atoms with Crippen molar-refractivity contribution in [2.75, 3.05) is 11.5 Å². The van der Waals surface area contributed by atoms with E-state index in [-0.39, 0.29) is 0 Å². The Hall–Kier alpha value is -0.160. The molecule has 0 bridgehead atoms. The second-order valence-corrected chi connectivity index (χ2v) is 6.62. The standard InChI is InChI=1S/C13H23N3S2/c1-11(6-9-17)7-10-18-13-15-14-12-5-3-2-4-8-16(12)13/h11,17H,2-10H2,1H3. The van der Waals surface area contributed by atoms with Gasteiger partial charge in [-0.2, -0.15) is 12.6 Å². The first kappa shape index (κ1) is 14.3. The Morgan fingerprint density at radius 2 is 2.17 bits per heavy atom. The molecule has 1 aliphatic rings. The molecule has 102 valence electrons. The highest BCUT2D eigenvalue weighted by atomic mass is 32.2. The van der Waals surface area contributed by atoms with Gasteiger partial charge in [0, 0.05) is 18.7 Å². The molecular formula is C13H23N3S2. The number of hydrogen-bond donors (Lipinski definition) is 1. The van der Waals surface area contributed by atoms with Crippen LogP contribution in [0.25, 0.3) is 0 Å². The summed E-state index contributed by atoms with van der Waals surface area (Å²) in [6.45, 7) is 3.41. The largest absolute Gasteiger partial charge is 0.306 e. The molecule has 0 radical (unpaired) electrons. The summed E-state index contributed by atoms with van der Waals surface area (Å²) in [4.78, 5) is 0. The van der Waals surface area contributed by atoms with Gasteiger partial charge < -0.3 is 4.57 Å². The summed E-state index contributed by atoms with van der Waals surface area (Å²) >= 11 is 6.16. The van der Waals surface area contributed by atoms with E-state index in [1.165, 1.54) is 37.9 Å². The van der Waals surface area contributed by atoms with Gasteiger partial charge in [0.15, 0.2) is 5.16 Å². The van der Waals surface area contributed by atoms with Crippen molar-refractivity contribution in [2.24, 2.45) is 5.92 Å². The molecule has 1 aliphatic heterocycles. The van der Waals surface area contributed by atoms with Gasteiger partial charge in [0.25, 0.3) is 0 Å². The summed E-state index contributed by atoms with van der Waals surface area (Å²) in [5.74, 6) is 4.10. The molecule has 0 spiro atoms. The first-order valence-electron chi connectivity index (χ1n) is 6.97. The highest BCUT2D eigenvalue weighted by molar-refractivity contribution is 7.99. The van der Waals surface area contributed by atoms with Crippen LogP contribution in [0.2, 0.25) is 0 Å².